The van der Waals surface area contributed by atoms with Crippen LogP contribution in [0, 0.1) is 0 Å². The maximum atomic E-state index is 13.0. The van der Waals surface area contributed by atoms with E-state index in [1.54, 1.807) is 29.7 Å². The lowest BCUT2D eigenvalue weighted by molar-refractivity contribution is 0.316. The average molecular weight is 368 g/mol. The maximum absolute atomic E-state index is 13.0. The Bertz CT molecular complexity index is 782. The number of thiazole rings is 1. The van der Waals surface area contributed by atoms with Gasteiger partial charge in [0, 0.05) is 36.7 Å². The van der Waals surface area contributed by atoms with E-state index in [-0.39, 0.29) is 4.90 Å². The van der Waals surface area contributed by atoms with Gasteiger partial charge in [-0.15, -0.1) is 11.3 Å². The Morgan fingerprint density at radius 3 is 2.54 bits per heavy atom. The van der Waals surface area contributed by atoms with Crippen LogP contribution in [0.5, 0.6) is 11.5 Å². The first-order valence-electron chi connectivity index (χ1n) is 7.68. The van der Waals surface area contributed by atoms with Gasteiger partial charge in [0.05, 0.1) is 19.2 Å². The predicted octanol–water partition coefficient (Wildman–Crippen LogP) is 2.73. The molecule has 1 saturated heterocycles. The van der Waals surface area contributed by atoms with E-state index in [2.05, 4.69) is 4.98 Å². The third-order valence-corrected chi connectivity index (χ3v) is 7.10. The molecule has 2 heterocycles. The molecule has 2 aromatic rings. The molecular formula is C16H20N2O4S2. The van der Waals surface area contributed by atoms with E-state index in [4.69, 9.17) is 9.47 Å². The molecule has 6 nitrogen and oxygen atoms in total. The SMILES string of the molecule is COc1ccc(OC)c(S(=O)(=O)N2CCC(c3nccs3)CC2)c1. The Morgan fingerprint density at radius 2 is 1.96 bits per heavy atom. The first kappa shape index (κ1) is 17.2. The van der Waals surface area contributed by atoms with Crippen molar-refractivity contribution in [1.29, 1.82) is 0 Å². The zero-order valence-electron chi connectivity index (χ0n) is 13.6. The Kier molecular flexibility index (Phi) is 5.07. The lowest BCUT2D eigenvalue weighted by Gasteiger charge is -2.30. The minimum atomic E-state index is -3.62. The molecule has 1 aliphatic heterocycles. The number of hydrogen-bond donors (Lipinski definition) is 0. The lowest BCUT2D eigenvalue weighted by Crippen LogP contribution is -2.38. The average Bonchev–Trinajstić information content (AvgIpc) is 3.16. The first-order chi connectivity index (χ1) is 11.6. The van der Waals surface area contributed by atoms with Gasteiger partial charge < -0.3 is 9.47 Å². The molecule has 0 N–H and O–H groups in total. The Balaban J connectivity index is 1.82. The fraction of sp³-hybridized carbons (Fsp3) is 0.438. The number of benzene rings is 1. The third-order valence-electron chi connectivity index (χ3n) is 4.24. The zero-order chi connectivity index (χ0) is 17.2. The highest BCUT2D eigenvalue weighted by atomic mass is 32.2. The highest BCUT2D eigenvalue weighted by Gasteiger charge is 2.32. The van der Waals surface area contributed by atoms with Crippen molar-refractivity contribution in [2.45, 2.75) is 23.7 Å². The molecule has 0 spiro atoms. The number of rotatable bonds is 5. The number of ether oxygens (including phenoxy) is 2. The molecule has 24 heavy (non-hydrogen) atoms. The van der Waals surface area contributed by atoms with Crippen LogP contribution in [0.3, 0.4) is 0 Å². The van der Waals surface area contributed by atoms with Crippen molar-refractivity contribution in [3.8, 4) is 11.5 Å². The molecule has 0 aliphatic carbocycles. The van der Waals surface area contributed by atoms with Crippen LogP contribution in [0.15, 0.2) is 34.7 Å². The van der Waals surface area contributed by atoms with Gasteiger partial charge in [-0.1, -0.05) is 0 Å². The van der Waals surface area contributed by atoms with Crippen LogP contribution < -0.4 is 9.47 Å². The smallest absolute Gasteiger partial charge is 0.246 e. The molecule has 0 bridgehead atoms. The summed E-state index contributed by atoms with van der Waals surface area (Å²) in [5, 5.41) is 3.05. The normalized spacial score (nSPS) is 16.9. The summed E-state index contributed by atoms with van der Waals surface area (Å²) in [6, 6.07) is 4.82. The van der Waals surface area contributed by atoms with E-state index >= 15 is 0 Å². The number of sulfonamides is 1. The van der Waals surface area contributed by atoms with Crippen molar-refractivity contribution in [2.24, 2.45) is 0 Å². The van der Waals surface area contributed by atoms with E-state index in [9.17, 15) is 8.42 Å². The van der Waals surface area contributed by atoms with Gasteiger partial charge in [0.15, 0.2) is 0 Å². The summed E-state index contributed by atoms with van der Waals surface area (Å²) < 4.78 is 37.9. The van der Waals surface area contributed by atoms with Crippen LogP contribution in [0.1, 0.15) is 23.8 Å². The van der Waals surface area contributed by atoms with Gasteiger partial charge in [-0.2, -0.15) is 4.31 Å². The van der Waals surface area contributed by atoms with Gasteiger partial charge in [-0.25, -0.2) is 13.4 Å². The van der Waals surface area contributed by atoms with E-state index in [1.807, 2.05) is 5.38 Å². The second kappa shape index (κ2) is 7.08. The highest BCUT2D eigenvalue weighted by molar-refractivity contribution is 7.89. The molecule has 0 saturated carbocycles. The van der Waals surface area contributed by atoms with Gasteiger partial charge in [0.1, 0.15) is 16.4 Å². The zero-order valence-corrected chi connectivity index (χ0v) is 15.3. The molecule has 0 radical (unpaired) electrons. The third kappa shape index (κ3) is 3.26. The van der Waals surface area contributed by atoms with Gasteiger partial charge >= 0.3 is 0 Å². The number of methoxy groups -OCH3 is 2. The lowest BCUT2D eigenvalue weighted by atomic mass is 9.99. The van der Waals surface area contributed by atoms with Crippen LogP contribution >= 0.6 is 11.3 Å². The fourth-order valence-electron chi connectivity index (χ4n) is 2.90. The predicted molar refractivity (Wildman–Crippen MR) is 92.4 cm³/mol. The summed E-state index contributed by atoms with van der Waals surface area (Å²) >= 11 is 1.63. The summed E-state index contributed by atoms with van der Waals surface area (Å²) in [5.74, 6) is 1.16. The molecule has 0 unspecified atom stereocenters. The van der Waals surface area contributed by atoms with Crippen molar-refractivity contribution in [3.05, 3.63) is 34.8 Å². The monoisotopic (exact) mass is 368 g/mol. The Labute approximate surface area is 146 Å². The van der Waals surface area contributed by atoms with Gasteiger partial charge in [0.25, 0.3) is 0 Å². The van der Waals surface area contributed by atoms with E-state index in [0.717, 1.165) is 17.8 Å². The summed E-state index contributed by atoms with van der Waals surface area (Å²) in [6.07, 6.45) is 3.35. The van der Waals surface area contributed by atoms with E-state index in [1.165, 1.54) is 24.6 Å². The van der Waals surface area contributed by atoms with Crippen LogP contribution in [0.4, 0.5) is 0 Å². The Morgan fingerprint density at radius 1 is 1.21 bits per heavy atom. The number of nitrogens with zero attached hydrogens (tertiary/aromatic N) is 2. The van der Waals surface area contributed by atoms with E-state index < -0.39 is 10.0 Å². The second-order valence-electron chi connectivity index (χ2n) is 5.57. The number of aromatic nitrogens is 1. The minimum absolute atomic E-state index is 0.150. The molecule has 8 heteroatoms. The minimum Gasteiger partial charge on any atom is -0.497 e. The maximum Gasteiger partial charge on any atom is 0.246 e. The van der Waals surface area contributed by atoms with Crippen molar-refractivity contribution in [2.75, 3.05) is 27.3 Å². The first-order valence-corrected chi connectivity index (χ1v) is 10.00. The summed E-state index contributed by atoms with van der Waals surface area (Å²) in [5.41, 5.74) is 0. The Hall–Kier alpha value is -1.64. The van der Waals surface area contributed by atoms with Crippen molar-refractivity contribution in [1.82, 2.24) is 9.29 Å². The van der Waals surface area contributed by atoms with Crippen molar-refractivity contribution >= 4 is 21.4 Å². The van der Waals surface area contributed by atoms with Gasteiger partial charge in [-0.05, 0) is 25.0 Å². The molecule has 1 fully saturated rings. The second-order valence-corrected chi connectivity index (χ2v) is 8.40. The number of piperidine rings is 1. The molecule has 1 aromatic carbocycles. The standard InChI is InChI=1S/C16H20N2O4S2/c1-21-13-3-4-14(22-2)15(11-13)24(19,20)18-8-5-12(6-9-18)16-17-7-10-23-16/h3-4,7,10-12H,5-6,8-9H2,1-2H3. The topological polar surface area (TPSA) is 68.7 Å². The van der Waals surface area contributed by atoms with Crippen LogP contribution in [0.2, 0.25) is 0 Å². The number of hydrogen-bond acceptors (Lipinski definition) is 6. The molecule has 0 atom stereocenters. The van der Waals surface area contributed by atoms with E-state index in [0.29, 0.717) is 30.5 Å². The summed E-state index contributed by atoms with van der Waals surface area (Å²) in [6.45, 7) is 0.958. The fourth-order valence-corrected chi connectivity index (χ4v) is 5.36. The van der Waals surface area contributed by atoms with Crippen LogP contribution in [-0.4, -0.2) is 45.0 Å². The summed E-state index contributed by atoms with van der Waals surface area (Å²) in [4.78, 5) is 4.50. The van der Waals surface area contributed by atoms with Crippen molar-refractivity contribution in [3.63, 3.8) is 0 Å². The van der Waals surface area contributed by atoms with Crippen LogP contribution in [0.25, 0.3) is 0 Å². The highest BCUT2D eigenvalue weighted by Crippen LogP contribution is 2.35. The van der Waals surface area contributed by atoms with Gasteiger partial charge in [-0.3, -0.25) is 0 Å². The molecule has 130 valence electrons. The molecule has 1 aromatic heterocycles. The molecular weight excluding hydrogens is 348 g/mol. The largest absolute Gasteiger partial charge is 0.497 e. The van der Waals surface area contributed by atoms with Crippen LogP contribution in [-0.2, 0) is 10.0 Å². The molecule has 0 amide bonds. The summed E-state index contributed by atoms with van der Waals surface area (Å²) in [7, 11) is -0.639. The molecule has 1 aliphatic rings. The van der Waals surface area contributed by atoms with Gasteiger partial charge in [0.2, 0.25) is 10.0 Å². The van der Waals surface area contributed by atoms with Crippen molar-refractivity contribution < 1.29 is 17.9 Å². The quantitative estimate of drug-likeness (QED) is 0.812. The molecule has 3 rings (SSSR count).